The van der Waals surface area contributed by atoms with Crippen LogP contribution in [0, 0.1) is 6.92 Å². The van der Waals surface area contributed by atoms with Crippen molar-refractivity contribution in [3.63, 3.8) is 0 Å². The fourth-order valence-electron chi connectivity index (χ4n) is 2.71. The minimum absolute atomic E-state index is 0.149. The van der Waals surface area contributed by atoms with Crippen molar-refractivity contribution in [2.75, 3.05) is 7.11 Å². The summed E-state index contributed by atoms with van der Waals surface area (Å²) >= 11 is 0. The van der Waals surface area contributed by atoms with E-state index in [4.69, 9.17) is 9.88 Å². The normalized spacial score (nSPS) is 12.2. The fraction of sp³-hybridized carbons (Fsp3) is 0.167. The molecular formula is C18H16F3N3O3S. The van der Waals surface area contributed by atoms with Crippen molar-refractivity contribution in [2.24, 2.45) is 5.14 Å². The van der Waals surface area contributed by atoms with Gasteiger partial charge in [-0.25, -0.2) is 18.2 Å². The Kier molecular flexibility index (Phi) is 4.94. The van der Waals surface area contributed by atoms with Gasteiger partial charge in [-0.1, -0.05) is 11.6 Å². The SMILES string of the molecule is COc1ccc(C)cc1-c1cc(C(F)(F)F)nn1-c1ccc(S(N)(=O)=O)cc1. The van der Waals surface area contributed by atoms with E-state index < -0.39 is 21.9 Å². The zero-order valence-electron chi connectivity index (χ0n) is 14.9. The molecule has 0 aliphatic carbocycles. The number of sulfonamides is 1. The van der Waals surface area contributed by atoms with Crippen molar-refractivity contribution in [2.45, 2.75) is 18.0 Å². The number of aromatic nitrogens is 2. The van der Waals surface area contributed by atoms with Crippen LogP contribution in [0.2, 0.25) is 0 Å². The number of alkyl halides is 3. The maximum atomic E-state index is 13.3. The molecule has 0 saturated carbocycles. The maximum absolute atomic E-state index is 13.3. The lowest BCUT2D eigenvalue weighted by molar-refractivity contribution is -0.141. The number of rotatable bonds is 4. The van der Waals surface area contributed by atoms with E-state index in [0.29, 0.717) is 11.3 Å². The first-order valence-electron chi connectivity index (χ1n) is 7.96. The molecule has 0 amide bonds. The van der Waals surface area contributed by atoms with Crippen LogP contribution in [-0.4, -0.2) is 25.3 Å². The fourth-order valence-corrected chi connectivity index (χ4v) is 3.22. The molecule has 0 fully saturated rings. The van der Waals surface area contributed by atoms with E-state index in [1.54, 1.807) is 25.1 Å². The Labute approximate surface area is 159 Å². The second-order valence-electron chi connectivity index (χ2n) is 6.07. The quantitative estimate of drug-likeness (QED) is 0.712. The topological polar surface area (TPSA) is 87.2 Å². The van der Waals surface area contributed by atoms with Crippen LogP contribution in [-0.2, 0) is 16.2 Å². The Morgan fingerprint density at radius 1 is 1.07 bits per heavy atom. The van der Waals surface area contributed by atoms with Gasteiger partial charge in [-0.05, 0) is 49.4 Å². The number of hydrogen-bond donors (Lipinski definition) is 1. The van der Waals surface area contributed by atoms with Gasteiger partial charge in [-0.2, -0.15) is 18.3 Å². The van der Waals surface area contributed by atoms with Gasteiger partial charge in [0, 0.05) is 5.56 Å². The smallest absolute Gasteiger partial charge is 0.435 e. The first-order chi connectivity index (χ1) is 13.0. The molecule has 28 heavy (non-hydrogen) atoms. The van der Waals surface area contributed by atoms with E-state index in [1.807, 2.05) is 0 Å². The molecule has 3 aromatic rings. The minimum Gasteiger partial charge on any atom is -0.496 e. The molecule has 0 atom stereocenters. The van der Waals surface area contributed by atoms with Gasteiger partial charge < -0.3 is 4.74 Å². The highest BCUT2D eigenvalue weighted by molar-refractivity contribution is 7.89. The molecule has 0 saturated heterocycles. The lowest BCUT2D eigenvalue weighted by atomic mass is 10.1. The Bertz CT molecular complexity index is 1120. The molecule has 1 heterocycles. The predicted octanol–water partition coefficient (Wildman–Crippen LogP) is 3.52. The number of benzene rings is 2. The molecule has 0 unspecified atom stereocenters. The molecule has 1 aromatic heterocycles. The number of nitrogens with two attached hydrogens (primary N) is 1. The van der Waals surface area contributed by atoms with E-state index in [2.05, 4.69) is 5.10 Å². The van der Waals surface area contributed by atoms with Gasteiger partial charge in [-0.15, -0.1) is 0 Å². The summed E-state index contributed by atoms with van der Waals surface area (Å²) in [6, 6.07) is 11.1. The molecular weight excluding hydrogens is 395 g/mol. The largest absolute Gasteiger partial charge is 0.496 e. The molecule has 0 aliphatic rings. The molecule has 6 nitrogen and oxygen atoms in total. The van der Waals surface area contributed by atoms with Crippen LogP contribution in [0.5, 0.6) is 5.75 Å². The monoisotopic (exact) mass is 411 g/mol. The Morgan fingerprint density at radius 3 is 2.25 bits per heavy atom. The van der Waals surface area contributed by atoms with Gasteiger partial charge in [0.1, 0.15) is 5.75 Å². The summed E-state index contributed by atoms with van der Waals surface area (Å²) in [7, 11) is -2.51. The van der Waals surface area contributed by atoms with E-state index in [9.17, 15) is 21.6 Å². The van der Waals surface area contributed by atoms with Crippen LogP contribution in [0.4, 0.5) is 13.2 Å². The Balaban J connectivity index is 2.24. The molecule has 3 rings (SSSR count). The zero-order valence-corrected chi connectivity index (χ0v) is 15.7. The first kappa shape index (κ1) is 19.9. The van der Waals surface area contributed by atoms with Crippen LogP contribution >= 0.6 is 0 Å². The van der Waals surface area contributed by atoms with Gasteiger partial charge in [0.2, 0.25) is 10.0 Å². The van der Waals surface area contributed by atoms with Crippen LogP contribution in [0.15, 0.2) is 53.4 Å². The Hall–Kier alpha value is -2.85. The highest BCUT2D eigenvalue weighted by Crippen LogP contribution is 2.37. The van der Waals surface area contributed by atoms with Gasteiger partial charge >= 0.3 is 6.18 Å². The van der Waals surface area contributed by atoms with Crippen molar-refractivity contribution >= 4 is 10.0 Å². The highest BCUT2D eigenvalue weighted by atomic mass is 32.2. The number of halogens is 3. The molecule has 0 spiro atoms. The molecule has 2 aromatic carbocycles. The Morgan fingerprint density at radius 2 is 1.71 bits per heavy atom. The highest BCUT2D eigenvalue weighted by Gasteiger charge is 2.35. The average Bonchev–Trinajstić information content (AvgIpc) is 3.06. The third kappa shape index (κ3) is 3.87. The number of hydrogen-bond acceptors (Lipinski definition) is 4. The van der Waals surface area contributed by atoms with Gasteiger partial charge in [0.15, 0.2) is 5.69 Å². The van der Waals surface area contributed by atoms with Crippen molar-refractivity contribution < 1.29 is 26.3 Å². The summed E-state index contributed by atoms with van der Waals surface area (Å²) in [4.78, 5) is -0.158. The molecule has 10 heteroatoms. The summed E-state index contributed by atoms with van der Waals surface area (Å²) in [5.41, 5.74) is 0.543. The van der Waals surface area contributed by atoms with Gasteiger partial charge in [0.05, 0.1) is 23.4 Å². The summed E-state index contributed by atoms with van der Waals surface area (Å²) in [5.74, 6) is 0.377. The van der Waals surface area contributed by atoms with Gasteiger partial charge in [0.25, 0.3) is 0 Å². The summed E-state index contributed by atoms with van der Waals surface area (Å²) in [5, 5.41) is 8.75. The molecule has 2 N–H and O–H groups in total. The van der Waals surface area contributed by atoms with Crippen LogP contribution in [0.1, 0.15) is 11.3 Å². The van der Waals surface area contributed by atoms with Crippen molar-refractivity contribution in [3.05, 3.63) is 59.8 Å². The zero-order chi connectivity index (χ0) is 20.7. The van der Waals surface area contributed by atoms with Crippen molar-refractivity contribution in [1.82, 2.24) is 9.78 Å². The number of primary sulfonamides is 1. The van der Waals surface area contributed by atoms with E-state index >= 15 is 0 Å². The maximum Gasteiger partial charge on any atom is 0.435 e. The molecule has 0 bridgehead atoms. The standard InChI is InChI=1S/C18H16F3N3O3S/c1-11-3-8-16(27-2)14(9-11)15-10-17(18(19,20)21)23-24(15)12-4-6-13(7-5-12)28(22,25)26/h3-10H,1-2H3,(H2,22,25,26). The summed E-state index contributed by atoms with van der Waals surface area (Å²) in [6.45, 7) is 1.80. The lowest BCUT2D eigenvalue weighted by Gasteiger charge is -2.12. The van der Waals surface area contributed by atoms with Crippen LogP contribution in [0.25, 0.3) is 16.9 Å². The van der Waals surface area contributed by atoms with E-state index in [-0.39, 0.29) is 16.3 Å². The second-order valence-corrected chi connectivity index (χ2v) is 7.63. The first-order valence-corrected chi connectivity index (χ1v) is 9.51. The van der Waals surface area contributed by atoms with Gasteiger partial charge in [-0.3, -0.25) is 0 Å². The van der Waals surface area contributed by atoms with Crippen LogP contribution < -0.4 is 9.88 Å². The van der Waals surface area contributed by atoms with Crippen molar-refractivity contribution in [1.29, 1.82) is 0 Å². The second kappa shape index (κ2) is 6.95. The molecule has 0 aliphatic heterocycles. The van der Waals surface area contributed by atoms with E-state index in [1.165, 1.54) is 31.4 Å². The third-order valence-electron chi connectivity index (χ3n) is 4.04. The van der Waals surface area contributed by atoms with Crippen LogP contribution in [0.3, 0.4) is 0 Å². The van der Waals surface area contributed by atoms with Crippen molar-refractivity contribution in [3.8, 4) is 22.7 Å². The summed E-state index contributed by atoms with van der Waals surface area (Å²) in [6.07, 6.45) is -4.66. The number of aryl methyl sites for hydroxylation is 1. The average molecular weight is 411 g/mol. The predicted molar refractivity (Wildman–Crippen MR) is 96.7 cm³/mol. The lowest BCUT2D eigenvalue weighted by Crippen LogP contribution is -2.12. The molecule has 0 radical (unpaired) electrons. The summed E-state index contributed by atoms with van der Waals surface area (Å²) < 4.78 is 69.1. The number of ether oxygens (including phenoxy) is 1. The number of nitrogens with zero attached hydrogens (tertiary/aromatic N) is 2. The van der Waals surface area contributed by atoms with E-state index in [0.717, 1.165) is 16.3 Å². The molecule has 148 valence electrons. The minimum atomic E-state index is -4.66. The third-order valence-corrected chi connectivity index (χ3v) is 4.97. The number of methoxy groups -OCH3 is 1.